The minimum Gasteiger partial charge on any atom is -0.350 e. The van der Waals surface area contributed by atoms with Crippen LogP contribution in [0.25, 0.3) is 0 Å². The number of nitrogens with zero attached hydrogens (tertiary/aromatic N) is 6. The number of pyridine rings is 1. The Bertz CT molecular complexity index is 988. The maximum atomic E-state index is 12.4. The SMILES string of the molecule is Cc1nc(C2CCN(S(=O)(=O)N(C)C)CC2)nc2c1CCCN2Cc1ccccn1. The molecule has 0 N–H and O–H groups in total. The van der Waals surface area contributed by atoms with Crippen LogP contribution in [0, 0.1) is 6.92 Å². The maximum absolute atomic E-state index is 12.4. The number of hydrogen-bond acceptors (Lipinski definition) is 6. The van der Waals surface area contributed by atoms with Gasteiger partial charge in [0.15, 0.2) is 0 Å². The third kappa shape index (κ3) is 4.19. The molecule has 0 amide bonds. The molecule has 0 aromatic carbocycles. The van der Waals surface area contributed by atoms with Gasteiger partial charge in [0.05, 0.1) is 12.2 Å². The van der Waals surface area contributed by atoms with E-state index in [0.717, 1.165) is 61.8 Å². The fourth-order valence-corrected chi connectivity index (χ4v) is 5.44. The normalized spacial score (nSPS) is 18.6. The van der Waals surface area contributed by atoms with E-state index in [2.05, 4.69) is 16.8 Å². The average molecular weight is 431 g/mol. The van der Waals surface area contributed by atoms with Crippen molar-refractivity contribution in [3.8, 4) is 0 Å². The van der Waals surface area contributed by atoms with Gasteiger partial charge in [0.25, 0.3) is 10.2 Å². The van der Waals surface area contributed by atoms with Gasteiger partial charge in [0.1, 0.15) is 11.6 Å². The van der Waals surface area contributed by atoms with Crippen LogP contribution in [0.1, 0.15) is 48.0 Å². The summed E-state index contributed by atoms with van der Waals surface area (Å²) >= 11 is 0. The molecule has 1 saturated heterocycles. The molecular formula is C21H30N6O2S. The zero-order chi connectivity index (χ0) is 21.3. The lowest BCUT2D eigenvalue weighted by Gasteiger charge is -2.34. The van der Waals surface area contributed by atoms with Gasteiger partial charge in [-0.3, -0.25) is 4.98 Å². The molecule has 162 valence electrons. The van der Waals surface area contributed by atoms with Gasteiger partial charge in [-0.2, -0.15) is 17.0 Å². The smallest absolute Gasteiger partial charge is 0.281 e. The van der Waals surface area contributed by atoms with Gasteiger partial charge in [-0.05, 0) is 44.7 Å². The Balaban J connectivity index is 1.55. The predicted molar refractivity (Wildman–Crippen MR) is 117 cm³/mol. The summed E-state index contributed by atoms with van der Waals surface area (Å²) in [6.45, 7) is 4.77. The Morgan fingerprint density at radius 3 is 2.57 bits per heavy atom. The van der Waals surface area contributed by atoms with Crippen LogP contribution in [0.2, 0.25) is 0 Å². The number of piperidine rings is 1. The first-order chi connectivity index (χ1) is 14.4. The molecule has 0 atom stereocenters. The van der Waals surface area contributed by atoms with E-state index in [9.17, 15) is 8.42 Å². The molecule has 2 aromatic heterocycles. The minimum absolute atomic E-state index is 0.182. The Labute approximate surface area is 179 Å². The molecule has 9 heteroatoms. The zero-order valence-electron chi connectivity index (χ0n) is 18.0. The lowest BCUT2D eigenvalue weighted by molar-refractivity contribution is 0.297. The van der Waals surface area contributed by atoms with Crippen molar-refractivity contribution < 1.29 is 8.42 Å². The second-order valence-electron chi connectivity index (χ2n) is 8.28. The van der Waals surface area contributed by atoms with Crippen molar-refractivity contribution >= 4 is 16.0 Å². The summed E-state index contributed by atoms with van der Waals surface area (Å²) in [6, 6.07) is 5.99. The van der Waals surface area contributed by atoms with Crippen LogP contribution in [-0.2, 0) is 23.2 Å². The first kappa shape index (κ1) is 21.1. The average Bonchev–Trinajstić information content (AvgIpc) is 2.75. The van der Waals surface area contributed by atoms with E-state index in [1.165, 1.54) is 9.87 Å². The Kier molecular flexibility index (Phi) is 6.04. The van der Waals surface area contributed by atoms with Crippen molar-refractivity contribution in [3.63, 3.8) is 0 Å². The Morgan fingerprint density at radius 1 is 1.13 bits per heavy atom. The highest BCUT2D eigenvalue weighted by molar-refractivity contribution is 7.86. The van der Waals surface area contributed by atoms with Crippen molar-refractivity contribution in [3.05, 3.63) is 47.2 Å². The number of fused-ring (bicyclic) bond motifs is 1. The molecule has 0 bridgehead atoms. The van der Waals surface area contributed by atoms with Gasteiger partial charge in [-0.1, -0.05) is 6.07 Å². The van der Waals surface area contributed by atoms with E-state index in [1.807, 2.05) is 24.4 Å². The summed E-state index contributed by atoms with van der Waals surface area (Å²) in [5.74, 6) is 2.06. The minimum atomic E-state index is -3.36. The third-order valence-corrected chi connectivity index (χ3v) is 7.99. The number of hydrogen-bond donors (Lipinski definition) is 0. The topological polar surface area (TPSA) is 82.5 Å². The molecule has 8 nitrogen and oxygen atoms in total. The highest BCUT2D eigenvalue weighted by atomic mass is 32.2. The van der Waals surface area contributed by atoms with E-state index >= 15 is 0 Å². The van der Waals surface area contributed by atoms with Gasteiger partial charge in [-0.15, -0.1) is 0 Å². The molecule has 2 aliphatic rings. The zero-order valence-corrected chi connectivity index (χ0v) is 18.8. The van der Waals surface area contributed by atoms with Crippen LogP contribution in [-0.4, -0.2) is 65.7 Å². The van der Waals surface area contributed by atoms with E-state index < -0.39 is 10.2 Å². The standard InChI is InChI=1S/C21H30N6O2S/c1-16-19-8-6-12-26(15-18-7-4-5-11-22-18)21(19)24-20(23-16)17-9-13-27(14-10-17)30(28,29)25(2)3/h4-5,7,11,17H,6,8-10,12-15H2,1-3H3. The fraction of sp³-hybridized carbons (Fsp3) is 0.571. The Hall–Kier alpha value is -2.10. The van der Waals surface area contributed by atoms with E-state index in [1.54, 1.807) is 18.4 Å². The first-order valence-corrected chi connectivity index (χ1v) is 12.0. The van der Waals surface area contributed by atoms with Crippen molar-refractivity contribution in [1.82, 2.24) is 23.6 Å². The molecule has 2 aromatic rings. The predicted octanol–water partition coefficient (Wildman–Crippen LogP) is 2.12. The Morgan fingerprint density at radius 2 is 1.90 bits per heavy atom. The maximum Gasteiger partial charge on any atom is 0.281 e. The molecule has 1 fully saturated rings. The van der Waals surface area contributed by atoms with E-state index in [-0.39, 0.29) is 5.92 Å². The second-order valence-corrected chi connectivity index (χ2v) is 10.4. The highest BCUT2D eigenvalue weighted by Crippen LogP contribution is 2.33. The van der Waals surface area contributed by atoms with Crippen LogP contribution in [0.15, 0.2) is 24.4 Å². The van der Waals surface area contributed by atoms with Crippen LogP contribution >= 0.6 is 0 Å². The third-order valence-electron chi connectivity index (χ3n) is 6.05. The molecule has 0 saturated carbocycles. The monoisotopic (exact) mass is 430 g/mol. The van der Waals surface area contributed by atoms with Crippen molar-refractivity contribution in [2.45, 2.75) is 45.1 Å². The molecule has 2 aliphatic heterocycles. The highest BCUT2D eigenvalue weighted by Gasteiger charge is 2.32. The van der Waals surface area contributed by atoms with Gasteiger partial charge in [0.2, 0.25) is 0 Å². The summed E-state index contributed by atoms with van der Waals surface area (Å²) < 4.78 is 27.6. The van der Waals surface area contributed by atoms with Crippen LogP contribution in [0.3, 0.4) is 0 Å². The largest absolute Gasteiger partial charge is 0.350 e. The van der Waals surface area contributed by atoms with Crippen molar-refractivity contribution in [2.75, 3.05) is 38.6 Å². The van der Waals surface area contributed by atoms with Crippen LogP contribution in [0.5, 0.6) is 0 Å². The van der Waals surface area contributed by atoms with Crippen LogP contribution in [0.4, 0.5) is 5.82 Å². The summed E-state index contributed by atoms with van der Waals surface area (Å²) in [7, 11) is -0.207. The molecule has 0 unspecified atom stereocenters. The number of aryl methyl sites for hydroxylation is 1. The van der Waals surface area contributed by atoms with Crippen LogP contribution < -0.4 is 4.90 Å². The molecule has 4 heterocycles. The summed E-state index contributed by atoms with van der Waals surface area (Å²) in [5.41, 5.74) is 3.31. The quantitative estimate of drug-likeness (QED) is 0.723. The van der Waals surface area contributed by atoms with Crippen molar-refractivity contribution in [1.29, 1.82) is 0 Å². The first-order valence-electron chi connectivity index (χ1n) is 10.6. The van der Waals surface area contributed by atoms with Crippen molar-refractivity contribution in [2.24, 2.45) is 0 Å². The molecule has 0 aliphatic carbocycles. The molecule has 0 radical (unpaired) electrons. The number of rotatable bonds is 5. The number of aromatic nitrogens is 3. The van der Waals surface area contributed by atoms with Gasteiger partial charge < -0.3 is 4.90 Å². The molecule has 4 rings (SSSR count). The van der Waals surface area contributed by atoms with E-state index in [0.29, 0.717) is 13.1 Å². The molecular weight excluding hydrogens is 400 g/mol. The van der Waals surface area contributed by atoms with E-state index in [4.69, 9.17) is 9.97 Å². The molecule has 30 heavy (non-hydrogen) atoms. The number of anilines is 1. The summed E-state index contributed by atoms with van der Waals surface area (Å²) in [6.07, 6.45) is 5.40. The summed E-state index contributed by atoms with van der Waals surface area (Å²) in [4.78, 5) is 16.6. The second kappa shape index (κ2) is 8.56. The van der Waals surface area contributed by atoms with Gasteiger partial charge >= 0.3 is 0 Å². The van der Waals surface area contributed by atoms with Gasteiger partial charge in [-0.25, -0.2) is 9.97 Å². The summed E-state index contributed by atoms with van der Waals surface area (Å²) in [5, 5.41) is 0. The van der Waals surface area contributed by atoms with Gasteiger partial charge in [0, 0.05) is 57.1 Å². The lowest BCUT2D eigenvalue weighted by atomic mass is 9.96. The fourth-order valence-electron chi connectivity index (χ4n) is 4.31. The lowest BCUT2D eigenvalue weighted by Crippen LogP contribution is -2.44. The molecule has 0 spiro atoms.